The molecule has 0 unspecified atom stereocenters. The maximum absolute atomic E-state index is 13.2. The average Bonchev–Trinajstić information content (AvgIpc) is 3.11. The van der Waals surface area contributed by atoms with Gasteiger partial charge < -0.3 is 15.0 Å². The first kappa shape index (κ1) is 15.3. The molecule has 120 valence electrons. The van der Waals surface area contributed by atoms with E-state index in [1.54, 1.807) is 7.11 Å². The van der Waals surface area contributed by atoms with Crippen LogP contribution in [0, 0.1) is 17.3 Å². The minimum absolute atomic E-state index is 0.103. The van der Waals surface area contributed by atoms with Gasteiger partial charge in [0, 0.05) is 26.8 Å². The molecule has 3 rings (SSSR count). The summed E-state index contributed by atoms with van der Waals surface area (Å²) in [6, 6.07) is 0. The summed E-state index contributed by atoms with van der Waals surface area (Å²) in [6.45, 7) is 4.96. The Morgan fingerprint density at radius 3 is 2.38 bits per heavy atom. The number of ether oxygens (including phenoxy) is 1. The summed E-state index contributed by atoms with van der Waals surface area (Å²) >= 11 is 0. The Bertz CT molecular complexity index is 352. The second kappa shape index (κ2) is 6.66. The van der Waals surface area contributed by atoms with E-state index in [4.69, 9.17) is 4.74 Å². The van der Waals surface area contributed by atoms with Gasteiger partial charge in [0.25, 0.3) is 0 Å². The van der Waals surface area contributed by atoms with Gasteiger partial charge >= 0.3 is 0 Å². The van der Waals surface area contributed by atoms with Crippen LogP contribution >= 0.6 is 0 Å². The predicted molar refractivity (Wildman–Crippen MR) is 83.1 cm³/mol. The van der Waals surface area contributed by atoms with Crippen LogP contribution in [-0.4, -0.2) is 50.7 Å². The molecule has 1 saturated carbocycles. The van der Waals surface area contributed by atoms with Crippen LogP contribution in [0.4, 0.5) is 0 Å². The van der Waals surface area contributed by atoms with Crippen LogP contribution in [0.5, 0.6) is 0 Å². The smallest absolute Gasteiger partial charge is 0.228 e. The quantitative estimate of drug-likeness (QED) is 0.863. The first-order chi connectivity index (χ1) is 10.2. The lowest BCUT2D eigenvalue weighted by Gasteiger charge is -2.34. The molecule has 21 heavy (non-hydrogen) atoms. The zero-order valence-electron chi connectivity index (χ0n) is 13.4. The lowest BCUT2D eigenvalue weighted by molar-refractivity contribution is -0.143. The minimum atomic E-state index is -0.103. The maximum Gasteiger partial charge on any atom is 0.228 e. The molecule has 0 aromatic heterocycles. The minimum Gasteiger partial charge on any atom is -0.385 e. The molecular formula is C17H30N2O2. The van der Waals surface area contributed by atoms with Gasteiger partial charge in [0.1, 0.15) is 0 Å². The lowest BCUT2D eigenvalue weighted by atomic mass is 9.81. The van der Waals surface area contributed by atoms with Crippen LogP contribution in [0.2, 0.25) is 0 Å². The summed E-state index contributed by atoms with van der Waals surface area (Å²) in [6.07, 6.45) is 7.83. The van der Waals surface area contributed by atoms with Gasteiger partial charge in [-0.15, -0.1) is 0 Å². The summed E-state index contributed by atoms with van der Waals surface area (Å²) in [5, 5.41) is 3.51. The van der Waals surface area contributed by atoms with Crippen molar-refractivity contribution in [3.8, 4) is 0 Å². The Hall–Kier alpha value is -0.610. The maximum atomic E-state index is 13.2. The Morgan fingerprint density at radius 1 is 1.19 bits per heavy atom. The van der Waals surface area contributed by atoms with E-state index in [0.29, 0.717) is 5.91 Å². The second-order valence-electron chi connectivity index (χ2n) is 7.28. The zero-order valence-corrected chi connectivity index (χ0v) is 13.4. The van der Waals surface area contributed by atoms with Gasteiger partial charge in [0.05, 0.1) is 5.41 Å². The number of hydrogen-bond acceptors (Lipinski definition) is 3. The van der Waals surface area contributed by atoms with Crippen molar-refractivity contribution in [2.24, 2.45) is 17.3 Å². The Morgan fingerprint density at radius 2 is 1.81 bits per heavy atom. The monoisotopic (exact) mass is 294 g/mol. The van der Waals surface area contributed by atoms with E-state index in [2.05, 4.69) is 10.2 Å². The number of likely N-dealkylation sites (tertiary alicyclic amines) is 1. The van der Waals surface area contributed by atoms with E-state index in [1.165, 1.54) is 25.7 Å². The highest BCUT2D eigenvalue weighted by atomic mass is 16.5. The van der Waals surface area contributed by atoms with Gasteiger partial charge in [0.2, 0.25) is 5.91 Å². The van der Waals surface area contributed by atoms with Crippen molar-refractivity contribution < 1.29 is 9.53 Å². The lowest BCUT2D eigenvalue weighted by Crippen LogP contribution is -2.44. The summed E-state index contributed by atoms with van der Waals surface area (Å²) < 4.78 is 5.27. The molecule has 2 atom stereocenters. The van der Waals surface area contributed by atoms with E-state index in [-0.39, 0.29) is 5.41 Å². The third kappa shape index (κ3) is 3.11. The van der Waals surface area contributed by atoms with Crippen molar-refractivity contribution >= 4 is 5.91 Å². The van der Waals surface area contributed by atoms with E-state index >= 15 is 0 Å². The number of nitrogens with one attached hydrogen (secondary N) is 1. The summed E-state index contributed by atoms with van der Waals surface area (Å²) in [7, 11) is 1.74. The molecule has 0 bridgehead atoms. The number of carbonyl (C=O) groups is 1. The number of hydrogen-bond donors (Lipinski definition) is 1. The number of amides is 1. The van der Waals surface area contributed by atoms with Gasteiger partial charge in [-0.25, -0.2) is 0 Å². The van der Waals surface area contributed by atoms with E-state index in [0.717, 1.165) is 63.9 Å². The Balaban J connectivity index is 1.65. The molecule has 1 N–H and O–H groups in total. The van der Waals surface area contributed by atoms with Gasteiger partial charge in [0.15, 0.2) is 0 Å². The molecule has 1 amide bonds. The molecule has 2 saturated heterocycles. The van der Waals surface area contributed by atoms with E-state index < -0.39 is 0 Å². The molecule has 1 aliphatic carbocycles. The molecule has 2 aliphatic heterocycles. The molecule has 2 heterocycles. The van der Waals surface area contributed by atoms with E-state index in [1.807, 2.05) is 0 Å². The molecule has 3 aliphatic rings. The van der Waals surface area contributed by atoms with Crippen molar-refractivity contribution in [1.29, 1.82) is 0 Å². The molecule has 0 aromatic carbocycles. The molecular weight excluding hydrogens is 264 g/mol. The summed E-state index contributed by atoms with van der Waals surface area (Å²) in [5.74, 6) is 2.02. The van der Waals surface area contributed by atoms with Crippen molar-refractivity contribution in [3.63, 3.8) is 0 Å². The summed E-state index contributed by atoms with van der Waals surface area (Å²) in [5.41, 5.74) is -0.103. The number of fused-ring (bicyclic) bond motifs is 1. The SMILES string of the molecule is COCCC1(C(=O)N2CC[C@@H]3CNC[C@@H]3CC2)CCCC1. The summed E-state index contributed by atoms with van der Waals surface area (Å²) in [4.78, 5) is 15.3. The third-order valence-electron chi connectivity index (χ3n) is 6.11. The van der Waals surface area contributed by atoms with Crippen LogP contribution in [-0.2, 0) is 9.53 Å². The van der Waals surface area contributed by atoms with Crippen LogP contribution in [0.25, 0.3) is 0 Å². The number of rotatable bonds is 4. The molecule has 0 radical (unpaired) electrons. The van der Waals surface area contributed by atoms with Crippen LogP contribution < -0.4 is 5.32 Å². The fourth-order valence-electron chi connectivity index (χ4n) is 4.68. The van der Waals surface area contributed by atoms with Crippen LogP contribution in [0.1, 0.15) is 44.9 Å². The predicted octanol–water partition coefficient (Wildman–Crippen LogP) is 2.04. The number of methoxy groups -OCH3 is 1. The average molecular weight is 294 g/mol. The molecule has 4 nitrogen and oxygen atoms in total. The Kier molecular flexibility index (Phi) is 4.85. The highest BCUT2D eigenvalue weighted by Crippen LogP contribution is 2.43. The highest BCUT2D eigenvalue weighted by Gasteiger charge is 2.44. The van der Waals surface area contributed by atoms with Crippen LogP contribution in [0.3, 0.4) is 0 Å². The fourth-order valence-corrected chi connectivity index (χ4v) is 4.68. The van der Waals surface area contributed by atoms with Crippen molar-refractivity contribution in [3.05, 3.63) is 0 Å². The normalized spacial score (nSPS) is 32.0. The van der Waals surface area contributed by atoms with E-state index in [9.17, 15) is 4.79 Å². The van der Waals surface area contributed by atoms with Crippen molar-refractivity contribution in [1.82, 2.24) is 10.2 Å². The van der Waals surface area contributed by atoms with Crippen molar-refractivity contribution in [2.45, 2.75) is 44.9 Å². The molecule has 0 spiro atoms. The molecule has 0 aromatic rings. The topological polar surface area (TPSA) is 41.6 Å². The first-order valence-electron chi connectivity index (χ1n) is 8.74. The fraction of sp³-hybridized carbons (Fsp3) is 0.941. The second-order valence-corrected chi connectivity index (χ2v) is 7.28. The highest BCUT2D eigenvalue weighted by molar-refractivity contribution is 5.83. The third-order valence-corrected chi connectivity index (χ3v) is 6.11. The van der Waals surface area contributed by atoms with Gasteiger partial charge in [-0.3, -0.25) is 4.79 Å². The number of nitrogens with zero attached hydrogens (tertiary/aromatic N) is 1. The first-order valence-corrected chi connectivity index (χ1v) is 8.74. The standard InChI is InChI=1S/C17H30N2O2/c1-21-11-8-17(6-2-3-7-17)16(20)19-9-4-14-12-18-13-15(14)5-10-19/h14-15,18H,2-13H2,1H3/t14-,15+. The van der Waals surface area contributed by atoms with Crippen LogP contribution in [0.15, 0.2) is 0 Å². The van der Waals surface area contributed by atoms with Crippen molar-refractivity contribution in [2.75, 3.05) is 39.9 Å². The molecule has 3 fully saturated rings. The van der Waals surface area contributed by atoms with Gasteiger partial charge in [-0.2, -0.15) is 0 Å². The largest absolute Gasteiger partial charge is 0.385 e. The zero-order chi connectivity index (χ0) is 14.7. The van der Waals surface area contributed by atoms with Gasteiger partial charge in [-0.05, 0) is 57.0 Å². The molecule has 4 heteroatoms. The Labute approximate surface area is 128 Å². The number of carbonyl (C=O) groups excluding carboxylic acids is 1. The van der Waals surface area contributed by atoms with Gasteiger partial charge in [-0.1, -0.05) is 12.8 Å².